The van der Waals surface area contributed by atoms with E-state index < -0.39 is 0 Å². The first-order valence-electron chi connectivity index (χ1n) is 4.95. The molecule has 1 amide bonds. The average Bonchev–Trinajstić information content (AvgIpc) is 2.79. The van der Waals surface area contributed by atoms with Crippen molar-refractivity contribution in [2.24, 2.45) is 5.73 Å². The minimum Gasteiger partial charge on any atom is -0.349 e. The fourth-order valence-corrected chi connectivity index (χ4v) is 1.54. The summed E-state index contributed by atoms with van der Waals surface area (Å²) in [5, 5.41) is 6.40. The van der Waals surface area contributed by atoms with E-state index in [0.717, 1.165) is 24.4 Å². The van der Waals surface area contributed by atoms with Crippen molar-refractivity contribution in [3.8, 4) is 0 Å². The quantitative estimate of drug-likeness (QED) is 0.780. The molecule has 5 nitrogen and oxygen atoms in total. The van der Waals surface area contributed by atoms with Crippen LogP contribution >= 0.6 is 11.5 Å². The molecule has 0 unspecified atom stereocenters. The van der Waals surface area contributed by atoms with Gasteiger partial charge in [-0.15, -0.1) is 5.10 Å². The van der Waals surface area contributed by atoms with Crippen LogP contribution in [-0.4, -0.2) is 27.6 Å². The molecule has 1 aromatic rings. The SMILES string of the molecule is CCC(N)(CC)CNC(=O)c1cnns1. The maximum Gasteiger partial charge on any atom is 0.264 e. The van der Waals surface area contributed by atoms with Gasteiger partial charge in [-0.2, -0.15) is 0 Å². The summed E-state index contributed by atoms with van der Waals surface area (Å²) in [5.74, 6) is -0.151. The van der Waals surface area contributed by atoms with Crippen molar-refractivity contribution < 1.29 is 4.79 Å². The molecule has 0 atom stereocenters. The Hall–Kier alpha value is -1.01. The van der Waals surface area contributed by atoms with E-state index in [4.69, 9.17) is 5.73 Å². The zero-order valence-corrected chi connectivity index (χ0v) is 9.80. The van der Waals surface area contributed by atoms with Crippen molar-refractivity contribution in [2.75, 3.05) is 6.54 Å². The number of carbonyl (C=O) groups is 1. The summed E-state index contributed by atoms with van der Waals surface area (Å²) in [6.07, 6.45) is 3.13. The number of rotatable bonds is 5. The highest BCUT2D eigenvalue weighted by Gasteiger charge is 2.21. The predicted molar refractivity (Wildman–Crippen MR) is 59.7 cm³/mol. The first-order chi connectivity index (χ1) is 7.11. The van der Waals surface area contributed by atoms with E-state index in [0.29, 0.717) is 11.4 Å². The molecular weight excluding hydrogens is 212 g/mol. The van der Waals surface area contributed by atoms with Gasteiger partial charge in [-0.1, -0.05) is 18.3 Å². The fraction of sp³-hybridized carbons (Fsp3) is 0.667. The summed E-state index contributed by atoms with van der Waals surface area (Å²) >= 11 is 1.08. The van der Waals surface area contributed by atoms with E-state index in [2.05, 4.69) is 14.9 Å². The Morgan fingerprint density at radius 2 is 2.27 bits per heavy atom. The smallest absolute Gasteiger partial charge is 0.264 e. The molecule has 0 aliphatic heterocycles. The lowest BCUT2D eigenvalue weighted by Crippen LogP contribution is -2.49. The van der Waals surface area contributed by atoms with Crippen LogP contribution in [0.4, 0.5) is 0 Å². The molecule has 0 radical (unpaired) electrons. The van der Waals surface area contributed by atoms with E-state index in [-0.39, 0.29) is 11.4 Å². The van der Waals surface area contributed by atoms with Crippen molar-refractivity contribution in [2.45, 2.75) is 32.2 Å². The van der Waals surface area contributed by atoms with Crippen molar-refractivity contribution in [3.63, 3.8) is 0 Å². The minimum atomic E-state index is -0.312. The van der Waals surface area contributed by atoms with Gasteiger partial charge in [0.25, 0.3) is 5.91 Å². The Kier molecular flexibility index (Phi) is 4.16. The molecule has 0 spiro atoms. The molecule has 3 N–H and O–H groups in total. The fourth-order valence-electron chi connectivity index (χ4n) is 1.11. The number of nitrogens with one attached hydrogen (secondary N) is 1. The third kappa shape index (κ3) is 3.24. The van der Waals surface area contributed by atoms with Gasteiger partial charge in [-0.05, 0) is 24.4 Å². The second-order valence-corrected chi connectivity index (χ2v) is 4.32. The monoisotopic (exact) mass is 228 g/mol. The van der Waals surface area contributed by atoms with Crippen LogP contribution in [0.5, 0.6) is 0 Å². The van der Waals surface area contributed by atoms with Gasteiger partial charge < -0.3 is 11.1 Å². The van der Waals surface area contributed by atoms with Crippen molar-refractivity contribution in [3.05, 3.63) is 11.1 Å². The normalized spacial score (nSPS) is 11.4. The summed E-state index contributed by atoms with van der Waals surface area (Å²) in [4.78, 5) is 12.1. The second kappa shape index (κ2) is 5.18. The third-order valence-electron chi connectivity index (χ3n) is 2.59. The largest absolute Gasteiger partial charge is 0.349 e. The van der Waals surface area contributed by atoms with E-state index in [1.165, 1.54) is 6.20 Å². The number of amides is 1. The van der Waals surface area contributed by atoms with Crippen LogP contribution in [0.25, 0.3) is 0 Å². The number of carbonyl (C=O) groups excluding carboxylic acids is 1. The Bertz CT molecular complexity index is 308. The van der Waals surface area contributed by atoms with Gasteiger partial charge in [-0.3, -0.25) is 4.79 Å². The number of aromatic nitrogens is 2. The Morgan fingerprint density at radius 1 is 1.60 bits per heavy atom. The second-order valence-electron chi connectivity index (χ2n) is 3.53. The molecule has 6 heteroatoms. The maximum atomic E-state index is 11.5. The number of nitrogens with two attached hydrogens (primary N) is 1. The molecule has 0 fully saturated rings. The van der Waals surface area contributed by atoms with Crippen molar-refractivity contribution in [1.29, 1.82) is 0 Å². The maximum absolute atomic E-state index is 11.5. The van der Waals surface area contributed by atoms with Crippen molar-refractivity contribution in [1.82, 2.24) is 14.9 Å². The molecule has 0 bridgehead atoms. The Balaban J connectivity index is 2.47. The van der Waals surface area contributed by atoms with Gasteiger partial charge in [-0.25, -0.2) is 0 Å². The van der Waals surface area contributed by atoms with Crippen LogP contribution in [0.2, 0.25) is 0 Å². The molecule has 84 valence electrons. The van der Waals surface area contributed by atoms with E-state index in [1.54, 1.807) is 0 Å². The topological polar surface area (TPSA) is 80.9 Å². The first-order valence-corrected chi connectivity index (χ1v) is 5.73. The summed E-state index contributed by atoms with van der Waals surface area (Å²) in [7, 11) is 0. The highest BCUT2D eigenvalue weighted by Crippen LogP contribution is 2.10. The molecule has 0 aromatic carbocycles. The van der Waals surface area contributed by atoms with E-state index in [1.807, 2.05) is 13.8 Å². The highest BCUT2D eigenvalue weighted by atomic mass is 32.1. The lowest BCUT2D eigenvalue weighted by molar-refractivity contribution is 0.0946. The van der Waals surface area contributed by atoms with Crippen LogP contribution in [-0.2, 0) is 0 Å². The number of hydrogen-bond acceptors (Lipinski definition) is 5. The van der Waals surface area contributed by atoms with Crippen LogP contribution in [0.1, 0.15) is 36.4 Å². The molecule has 1 aromatic heterocycles. The van der Waals surface area contributed by atoms with Gasteiger partial charge in [0, 0.05) is 12.1 Å². The highest BCUT2D eigenvalue weighted by molar-refractivity contribution is 7.07. The van der Waals surface area contributed by atoms with Gasteiger partial charge >= 0.3 is 0 Å². The van der Waals surface area contributed by atoms with E-state index in [9.17, 15) is 4.79 Å². The predicted octanol–water partition coefficient (Wildman–Crippen LogP) is 0.785. The molecular formula is C9H16N4OS. The summed E-state index contributed by atoms with van der Waals surface area (Å²) in [6.45, 7) is 4.52. The molecule has 0 aliphatic carbocycles. The summed E-state index contributed by atoms with van der Waals surface area (Å²) < 4.78 is 3.63. The van der Waals surface area contributed by atoms with Gasteiger partial charge in [0.2, 0.25) is 0 Å². The zero-order chi connectivity index (χ0) is 11.3. The summed E-state index contributed by atoms with van der Waals surface area (Å²) in [5.41, 5.74) is 5.74. The molecule has 0 saturated carbocycles. The Morgan fingerprint density at radius 3 is 2.73 bits per heavy atom. The van der Waals surface area contributed by atoms with E-state index >= 15 is 0 Å². The summed E-state index contributed by atoms with van der Waals surface area (Å²) in [6, 6.07) is 0. The van der Waals surface area contributed by atoms with Crippen LogP contribution in [0, 0.1) is 0 Å². The molecule has 15 heavy (non-hydrogen) atoms. The zero-order valence-electron chi connectivity index (χ0n) is 8.99. The number of nitrogens with zero attached hydrogens (tertiary/aromatic N) is 2. The average molecular weight is 228 g/mol. The van der Waals surface area contributed by atoms with Crippen LogP contribution in [0.3, 0.4) is 0 Å². The standard InChI is InChI=1S/C9H16N4OS/c1-3-9(10,4-2)6-11-8(14)7-5-12-13-15-7/h5H,3-4,6,10H2,1-2H3,(H,11,14). The van der Waals surface area contributed by atoms with Crippen LogP contribution in [0.15, 0.2) is 6.20 Å². The third-order valence-corrected chi connectivity index (χ3v) is 3.26. The lowest BCUT2D eigenvalue weighted by atomic mass is 9.94. The Labute approximate surface area is 93.2 Å². The van der Waals surface area contributed by atoms with Gasteiger partial charge in [0.05, 0.1) is 6.20 Å². The molecule has 0 aliphatic rings. The van der Waals surface area contributed by atoms with Crippen molar-refractivity contribution >= 4 is 17.4 Å². The van der Waals surface area contributed by atoms with Gasteiger partial charge in [0.15, 0.2) is 0 Å². The molecule has 0 saturated heterocycles. The van der Waals surface area contributed by atoms with Crippen LogP contribution < -0.4 is 11.1 Å². The molecule has 1 heterocycles. The number of hydrogen-bond donors (Lipinski definition) is 2. The lowest BCUT2D eigenvalue weighted by Gasteiger charge is -2.26. The molecule has 1 rings (SSSR count). The first kappa shape index (κ1) is 12.1. The van der Waals surface area contributed by atoms with Gasteiger partial charge in [0.1, 0.15) is 4.88 Å². The minimum absolute atomic E-state index is 0.151.